The van der Waals surface area contributed by atoms with E-state index in [0.717, 1.165) is 103 Å². The summed E-state index contributed by atoms with van der Waals surface area (Å²) in [5.41, 5.74) is 0. The first-order chi connectivity index (χ1) is 35.5. The number of allylic oxidation sites excluding steroid dienone is 12. The van der Waals surface area contributed by atoms with Crippen LogP contribution in [0.25, 0.3) is 0 Å². The molecular weight excluding hydrogens is 889 g/mol. The summed E-state index contributed by atoms with van der Waals surface area (Å²) in [5, 5.41) is 0. The summed E-state index contributed by atoms with van der Waals surface area (Å²) in [6, 6.07) is 0. The fraction of sp³-hybridized carbons (Fsp3) is 0.773. The topological polar surface area (TPSA) is 78.9 Å². The van der Waals surface area contributed by atoms with Gasteiger partial charge in [0.1, 0.15) is 13.2 Å². The van der Waals surface area contributed by atoms with Crippen LogP contribution in [0.4, 0.5) is 0 Å². The maximum atomic E-state index is 12.9. The minimum atomic E-state index is -0.774. The van der Waals surface area contributed by atoms with Crippen LogP contribution in [0, 0.1) is 0 Å². The highest BCUT2D eigenvalue weighted by molar-refractivity contribution is 5.71. The smallest absolute Gasteiger partial charge is 0.306 e. The summed E-state index contributed by atoms with van der Waals surface area (Å²) >= 11 is 0. The molecule has 0 bridgehead atoms. The SMILES string of the molecule is CC/C=C\C/C=C\C/C=C\C/C=C\C/C=C\C/C=C\CCCCCCCCCCC(=O)OCC(COC(=O)CCCCCCCCCC)OC(=O)CCCCCCCCCCCCCCCCCCCCC. The Morgan fingerprint density at radius 2 is 0.542 bits per heavy atom. The van der Waals surface area contributed by atoms with Crippen molar-refractivity contribution in [1.29, 1.82) is 0 Å². The highest BCUT2D eigenvalue weighted by Crippen LogP contribution is 2.17. The Hall–Kier alpha value is -3.15. The molecule has 0 fully saturated rings. The molecule has 0 N–H and O–H groups in total. The molecule has 6 nitrogen and oxygen atoms in total. The van der Waals surface area contributed by atoms with Gasteiger partial charge in [0.25, 0.3) is 0 Å². The number of rotatable bonds is 56. The summed E-state index contributed by atoms with van der Waals surface area (Å²) in [6.07, 6.45) is 77.7. The lowest BCUT2D eigenvalue weighted by molar-refractivity contribution is -0.167. The molecule has 1 unspecified atom stereocenters. The van der Waals surface area contributed by atoms with Crippen molar-refractivity contribution in [3.63, 3.8) is 0 Å². The van der Waals surface area contributed by atoms with E-state index in [1.807, 2.05) is 0 Å². The Balaban J connectivity index is 4.19. The Bertz CT molecular complexity index is 1340. The lowest BCUT2D eigenvalue weighted by atomic mass is 10.0. The Labute approximate surface area is 446 Å². The third kappa shape index (κ3) is 57.7. The molecule has 0 rings (SSSR count). The van der Waals surface area contributed by atoms with Gasteiger partial charge in [0.2, 0.25) is 0 Å². The zero-order valence-electron chi connectivity index (χ0n) is 47.7. The second kappa shape index (κ2) is 60.4. The Morgan fingerprint density at radius 1 is 0.292 bits per heavy atom. The lowest BCUT2D eigenvalue weighted by Crippen LogP contribution is -2.30. The summed E-state index contributed by atoms with van der Waals surface area (Å²) in [5.74, 6) is -0.873. The van der Waals surface area contributed by atoms with Crippen molar-refractivity contribution in [2.45, 2.75) is 316 Å². The highest BCUT2D eigenvalue weighted by atomic mass is 16.6. The fourth-order valence-electron chi connectivity index (χ4n) is 8.86. The number of carbonyl (C=O) groups excluding carboxylic acids is 3. The fourth-order valence-corrected chi connectivity index (χ4v) is 8.86. The number of esters is 3. The summed E-state index contributed by atoms with van der Waals surface area (Å²) < 4.78 is 16.8. The second-order valence-electron chi connectivity index (χ2n) is 20.6. The maximum absolute atomic E-state index is 12.9. The van der Waals surface area contributed by atoms with Crippen LogP contribution in [-0.2, 0) is 28.6 Å². The highest BCUT2D eigenvalue weighted by Gasteiger charge is 2.19. The van der Waals surface area contributed by atoms with Crippen molar-refractivity contribution >= 4 is 17.9 Å². The van der Waals surface area contributed by atoms with Crippen LogP contribution in [0.2, 0.25) is 0 Å². The number of unbranched alkanes of at least 4 members (excludes halogenated alkanes) is 33. The molecule has 1 atom stereocenters. The van der Waals surface area contributed by atoms with Gasteiger partial charge in [-0.05, 0) is 70.6 Å². The van der Waals surface area contributed by atoms with E-state index in [2.05, 4.69) is 93.7 Å². The van der Waals surface area contributed by atoms with Gasteiger partial charge in [-0.3, -0.25) is 14.4 Å². The van der Waals surface area contributed by atoms with E-state index in [-0.39, 0.29) is 31.1 Å². The van der Waals surface area contributed by atoms with Crippen LogP contribution in [0.15, 0.2) is 72.9 Å². The van der Waals surface area contributed by atoms with Crippen molar-refractivity contribution < 1.29 is 28.6 Å². The molecule has 0 heterocycles. The predicted octanol–water partition coefficient (Wildman–Crippen LogP) is 20.9. The van der Waals surface area contributed by atoms with E-state index in [1.165, 1.54) is 167 Å². The molecule has 72 heavy (non-hydrogen) atoms. The van der Waals surface area contributed by atoms with Crippen LogP contribution in [0.3, 0.4) is 0 Å². The van der Waals surface area contributed by atoms with Crippen molar-refractivity contribution in [3.8, 4) is 0 Å². The van der Waals surface area contributed by atoms with Crippen molar-refractivity contribution in [2.24, 2.45) is 0 Å². The Morgan fingerprint density at radius 3 is 0.847 bits per heavy atom. The van der Waals surface area contributed by atoms with E-state index in [9.17, 15) is 14.4 Å². The van der Waals surface area contributed by atoms with Crippen LogP contribution < -0.4 is 0 Å². The zero-order valence-corrected chi connectivity index (χ0v) is 47.7. The summed E-state index contributed by atoms with van der Waals surface area (Å²) in [7, 11) is 0. The third-order valence-corrected chi connectivity index (χ3v) is 13.5. The van der Waals surface area contributed by atoms with E-state index in [0.29, 0.717) is 19.3 Å². The first kappa shape index (κ1) is 68.8. The minimum Gasteiger partial charge on any atom is -0.462 e. The average Bonchev–Trinajstić information content (AvgIpc) is 3.38. The predicted molar refractivity (Wildman–Crippen MR) is 311 cm³/mol. The van der Waals surface area contributed by atoms with Crippen molar-refractivity contribution in [2.75, 3.05) is 13.2 Å². The Kier molecular flexibility index (Phi) is 57.8. The van der Waals surface area contributed by atoms with Crippen LogP contribution >= 0.6 is 0 Å². The molecule has 0 aliphatic heterocycles. The van der Waals surface area contributed by atoms with E-state index in [4.69, 9.17) is 14.2 Å². The molecule has 416 valence electrons. The van der Waals surface area contributed by atoms with Crippen LogP contribution in [0.1, 0.15) is 310 Å². The quantitative estimate of drug-likeness (QED) is 0.0261. The normalized spacial score (nSPS) is 12.5. The second-order valence-corrected chi connectivity index (χ2v) is 20.6. The van der Waals surface area contributed by atoms with Gasteiger partial charge in [-0.1, -0.05) is 293 Å². The molecule has 0 aliphatic carbocycles. The van der Waals surface area contributed by atoms with Gasteiger partial charge in [-0.25, -0.2) is 0 Å². The van der Waals surface area contributed by atoms with Gasteiger partial charge >= 0.3 is 17.9 Å². The largest absolute Gasteiger partial charge is 0.462 e. The molecule has 0 aromatic rings. The molecule has 0 amide bonds. The maximum Gasteiger partial charge on any atom is 0.306 e. The molecule has 0 saturated heterocycles. The molecule has 0 aromatic carbocycles. The minimum absolute atomic E-state index is 0.0740. The van der Waals surface area contributed by atoms with Gasteiger partial charge in [0.05, 0.1) is 0 Å². The first-order valence-corrected chi connectivity index (χ1v) is 30.9. The molecular formula is C66H116O6. The first-order valence-electron chi connectivity index (χ1n) is 30.9. The van der Waals surface area contributed by atoms with Crippen LogP contribution in [0.5, 0.6) is 0 Å². The van der Waals surface area contributed by atoms with E-state index < -0.39 is 6.10 Å². The molecule has 0 spiro atoms. The van der Waals surface area contributed by atoms with Gasteiger partial charge in [-0.2, -0.15) is 0 Å². The number of hydrogen-bond donors (Lipinski definition) is 0. The van der Waals surface area contributed by atoms with Gasteiger partial charge in [-0.15, -0.1) is 0 Å². The number of carbonyl (C=O) groups is 3. The zero-order chi connectivity index (χ0) is 52.2. The van der Waals surface area contributed by atoms with E-state index >= 15 is 0 Å². The number of ether oxygens (including phenoxy) is 3. The molecule has 0 radical (unpaired) electrons. The van der Waals surface area contributed by atoms with Gasteiger partial charge in [0.15, 0.2) is 6.10 Å². The molecule has 0 saturated carbocycles. The molecule has 0 aliphatic rings. The van der Waals surface area contributed by atoms with Crippen molar-refractivity contribution in [1.82, 2.24) is 0 Å². The standard InChI is InChI=1S/C66H116O6/c1-4-7-10-13-16-19-21-23-25-27-29-30-31-32-33-34-35-36-38-39-41-43-45-47-50-53-56-59-65(68)71-62-63(61-70-64(67)58-55-52-49-18-15-12-9-6-3)72-66(69)60-57-54-51-48-46-44-42-40-37-28-26-24-22-20-17-14-11-8-5-2/h7,10,16,19,23,25,29-30,32-33,35-36,63H,4-6,8-9,11-15,17-18,20-22,24,26-28,31,34,37-62H2,1-3H3/b10-7-,19-16-,25-23-,30-29-,33-32-,36-35-. The monoisotopic (exact) mass is 1000 g/mol. The van der Waals surface area contributed by atoms with E-state index in [1.54, 1.807) is 0 Å². The summed E-state index contributed by atoms with van der Waals surface area (Å²) in [6.45, 7) is 6.53. The number of hydrogen-bond acceptors (Lipinski definition) is 6. The lowest BCUT2D eigenvalue weighted by Gasteiger charge is -2.18. The van der Waals surface area contributed by atoms with Crippen LogP contribution in [-0.4, -0.2) is 37.2 Å². The van der Waals surface area contributed by atoms with Gasteiger partial charge in [0, 0.05) is 19.3 Å². The average molecular weight is 1010 g/mol. The summed E-state index contributed by atoms with van der Waals surface area (Å²) in [4.78, 5) is 38.1. The van der Waals surface area contributed by atoms with Gasteiger partial charge < -0.3 is 14.2 Å². The molecule has 0 aromatic heterocycles. The van der Waals surface area contributed by atoms with Crippen molar-refractivity contribution in [3.05, 3.63) is 72.9 Å². The third-order valence-electron chi connectivity index (χ3n) is 13.5. The molecule has 6 heteroatoms.